The second kappa shape index (κ2) is 8.47. The van der Waals surface area contributed by atoms with E-state index >= 15 is 0 Å². The number of aliphatic imine (C=N–C) groups is 1. The molecule has 1 saturated heterocycles. The zero-order valence-corrected chi connectivity index (χ0v) is 18.1. The highest BCUT2D eigenvalue weighted by molar-refractivity contribution is 8.18. The minimum absolute atomic E-state index is 0.152. The zero-order chi connectivity index (χ0) is 21.2. The maximum Gasteiger partial charge on any atom is 0.286 e. The van der Waals surface area contributed by atoms with E-state index in [0.717, 1.165) is 53.4 Å². The molecule has 0 N–H and O–H groups in total. The van der Waals surface area contributed by atoms with Crippen molar-refractivity contribution < 1.29 is 9.53 Å². The molecule has 0 atom stereocenters. The lowest BCUT2D eigenvalue weighted by molar-refractivity contribution is -0.113. The number of nitrogens with zero attached hydrogens (tertiary/aromatic N) is 3. The molecule has 2 aliphatic heterocycles. The van der Waals surface area contributed by atoms with Crippen LogP contribution in [0.15, 0.2) is 76.6 Å². The van der Waals surface area contributed by atoms with Gasteiger partial charge in [-0.3, -0.25) is 4.79 Å². The summed E-state index contributed by atoms with van der Waals surface area (Å²) in [5, 5.41) is 3.04. The van der Waals surface area contributed by atoms with Crippen molar-refractivity contribution in [3.05, 3.63) is 77.2 Å². The third kappa shape index (κ3) is 4.16. The van der Waals surface area contributed by atoms with E-state index in [9.17, 15) is 4.79 Å². The number of carbonyl (C=O) groups is 1. The molecule has 2 heterocycles. The Balaban J connectivity index is 1.27. The van der Waals surface area contributed by atoms with Crippen molar-refractivity contribution in [2.24, 2.45) is 4.99 Å². The molecule has 0 bridgehead atoms. The van der Waals surface area contributed by atoms with Gasteiger partial charge in [-0.25, -0.2) is 0 Å². The molecule has 3 aromatic rings. The van der Waals surface area contributed by atoms with E-state index in [1.165, 1.54) is 17.4 Å². The van der Waals surface area contributed by atoms with Gasteiger partial charge in [-0.2, -0.15) is 4.99 Å². The number of ether oxygens (including phenoxy) is 1. The number of hydrogen-bond acceptors (Lipinski definition) is 5. The molecule has 0 radical (unpaired) electrons. The van der Waals surface area contributed by atoms with Crippen LogP contribution in [-0.4, -0.2) is 49.3 Å². The quantitative estimate of drug-likeness (QED) is 0.568. The first-order chi connectivity index (χ1) is 15.2. The average molecular weight is 430 g/mol. The molecule has 0 aliphatic carbocycles. The van der Waals surface area contributed by atoms with Crippen LogP contribution >= 0.6 is 11.8 Å². The molecule has 5 rings (SSSR count). The number of rotatable bonds is 3. The van der Waals surface area contributed by atoms with Crippen LogP contribution in [0.3, 0.4) is 0 Å². The highest BCUT2D eigenvalue weighted by atomic mass is 32.2. The van der Waals surface area contributed by atoms with Crippen LogP contribution in [0.5, 0.6) is 5.75 Å². The first kappa shape index (κ1) is 19.7. The number of methoxy groups -OCH3 is 1. The number of piperazine rings is 1. The number of hydrogen-bond donors (Lipinski definition) is 0. The van der Waals surface area contributed by atoms with E-state index in [2.05, 4.69) is 51.2 Å². The van der Waals surface area contributed by atoms with Crippen LogP contribution in [0.25, 0.3) is 16.8 Å². The largest absolute Gasteiger partial charge is 0.497 e. The third-order valence-electron chi connectivity index (χ3n) is 5.65. The van der Waals surface area contributed by atoms with Gasteiger partial charge in [-0.1, -0.05) is 36.4 Å². The molecule has 0 saturated carbocycles. The molecule has 2 aliphatic rings. The van der Waals surface area contributed by atoms with Crippen LogP contribution in [0.2, 0.25) is 0 Å². The number of carbonyl (C=O) groups excluding carboxylic acids is 1. The van der Waals surface area contributed by atoms with E-state index in [1.54, 1.807) is 7.11 Å². The lowest BCUT2D eigenvalue weighted by atomic mass is 10.1. The fourth-order valence-corrected chi connectivity index (χ4v) is 4.90. The molecule has 6 heteroatoms. The number of benzene rings is 3. The van der Waals surface area contributed by atoms with Gasteiger partial charge in [0.25, 0.3) is 5.91 Å². The molecular weight excluding hydrogens is 406 g/mol. The van der Waals surface area contributed by atoms with Gasteiger partial charge in [0.05, 0.1) is 12.0 Å². The summed E-state index contributed by atoms with van der Waals surface area (Å²) in [6.45, 7) is 3.56. The fraction of sp³-hybridized carbons (Fsp3) is 0.200. The first-order valence-corrected chi connectivity index (χ1v) is 11.2. The Labute approximate surface area is 186 Å². The van der Waals surface area contributed by atoms with E-state index in [0.29, 0.717) is 4.91 Å². The van der Waals surface area contributed by atoms with Crippen molar-refractivity contribution >= 4 is 45.4 Å². The normalized spacial score (nSPS) is 18.0. The van der Waals surface area contributed by atoms with Gasteiger partial charge in [-0.05, 0) is 64.5 Å². The Morgan fingerprint density at radius 3 is 2.39 bits per heavy atom. The summed E-state index contributed by atoms with van der Waals surface area (Å²) in [5.74, 6) is 0.686. The number of anilines is 1. The summed E-state index contributed by atoms with van der Waals surface area (Å²) in [6, 6.07) is 22.6. The number of para-hydroxylation sites is 1. The molecule has 0 unspecified atom stereocenters. The molecule has 0 spiro atoms. The molecule has 1 fully saturated rings. The second-order valence-corrected chi connectivity index (χ2v) is 8.60. The molecule has 31 heavy (non-hydrogen) atoms. The topological polar surface area (TPSA) is 45.1 Å². The molecule has 1 amide bonds. The van der Waals surface area contributed by atoms with Crippen LogP contribution in [0, 0.1) is 0 Å². The average Bonchev–Trinajstić information content (AvgIpc) is 3.19. The van der Waals surface area contributed by atoms with Crippen molar-refractivity contribution in [3.63, 3.8) is 0 Å². The minimum Gasteiger partial charge on any atom is -0.497 e. The van der Waals surface area contributed by atoms with Gasteiger partial charge in [0.15, 0.2) is 5.17 Å². The molecule has 156 valence electrons. The smallest absolute Gasteiger partial charge is 0.286 e. The SMILES string of the molecule is COc1ccc2cc(/C=C3/SC(N4CCN(c5ccccc5)CC4)=NC3=O)ccc2c1. The zero-order valence-electron chi connectivity index (χ0n) is 17.3. The van der Waals surface area contributed by atoms with Crippen molar-refractivity contribution in [1.82, 2.24) is 4.90 Å². The maximum absolute atomic E-state index is 12.5. The first-order valence-electron chi connectivity index (χ1n) is 10.3. The van der Waals surface area contributed by atoms with E-state index < -0.39 is 0 Å². The van der Waals surface area contributed by atoms with Crippen LogP contribution in [0.1, 0.15) is 5.56 Å². The number of amidine groups is 1. The lowest BCUT2D eigenvalue weighted by Crippen LogP contribution is -2.47. The predicted octanol–water partition coefficient (Wildman–Crippen LogP) is 4.64. The second-order valence-electron chi connectivity index (χ2n) is 7.59. The third-order valence-corrected chi connectivity index (χ3v) is 6.69. The van der Waals surface area contributed by atoms with Crippen molar-refractivity contribution in [3.8, 4) is 5.75 Å². The summed E-state index contributed by atoms with van der Waals surface area (Å²) < 4.78 is 5.29. The predicted molar refractivity (Wildman–Crippen MR) is 129 cm³/mol. The molecule has 5 nitrogen and oxygen atoms in total. The minimum atomic E-state index is -0.152. The summed E-state index contributed by atoms with van der Waals surface area (Å²) >= 11 is 1.48. The highest BCUT2D eigenvalue weighted by Crippen LogP contribution is 2.32. The van der Waals surface area contributed by atoms with Gasteiger partial charge in [-0.15, -0.1) is 0 Å². The van der Waals surface area contributed by atoms with Gasteiger partial charge < -0.3 is 14.5 Å². The standard InChI is InChI=1S/C25H23N3O2S/c1-30-22-10-9-19-15-18(7-8-20(19)17-22)16-23-24(29)26-25(31-23)28-13-11-27(12-14-28)21-5-3-2-4-6-21/h2-10,15-17H,11-14H2,1H3/b23-16+. The van der Waals surface area contributed by atoms with E-state index in [1.807, 2.05) is 36.4 Å². The number of amides is 1. The van der Waals surface area contributed by atoms with Crippen LogP contribution < -0.4 is 9.64 Å². The summed E-state index contributed by atoms with van der Waals surface area (Å²) in [4.78, 5) is 22.1. The highest BCUT2D eigenvalue weighted by Gasteiger charge is 2.28. The summed E-state index contributed by atoms with van der Waals surface area (Å²) in [7, 11) is 1.67. The van der Waals surface area contributed by atoms with E-state index in [-0.39, 0.29) is 5.91 Å². The Hall–Kier alpha value is -3.25. The van der Waals surface area contributed by atoms with Gasteiger partial charge in [0.1, 0.15) is 5.75 Å². The van der Waals surface area contributed by atoms with Crippen molar-refractivity contribution in [1.29, 1.82) is 0 Å². The van der Waals surface area contributed by atoms with Crippen LogP contribution in [0.4, 0.5) is 5.69 Å². The molecule has 0 aromatic heterocycles. The lowest BCUT2D eigenvalue weighted by Gasteiger charge is -2.36. The Bertz CT molecular complexity index is 1180. The van der Waals surface area contributed by atoms with Crippen LogP contribution in [-0.2, 0) is 4.79 Å². The van der Waals surface area contributed by atoms with Gasteiger partial charge in [0, 0.05) is 31.9 Å². The van der Waals surface area contributed by atoms with Gasteiger partial charge >= 0.3 is 0 Å². The maximum atomic E-state index is 12.5. The molecule has 3 aromatic carbocycles. The number of thioether (sulfide) groups is 1. The Kier molecular flexibility index (Phi) is 5.38. The Morgan fingerprint density at radius 1 is 0.903 bits per heavy atom. The van der Waals surface area contributed by atoms with Crippen molar-refractivity contribution in [2.75, 3.05) is 38.2 Å². The summed E-state index contributed by atoms with van der Waals surface area (Å²) in [6.07, 6.45) is 1.94. The number of fused-ring (bicyclic) bond motifs is 1. The monoisotopic (exact) mass is 429 g/mol. The fourth-order valence-electron chi connectivity index (χ4n) is 3.94. The van der Waals surface area contributed by atoms with Gasteiger partial charge in [0.2, 0.25) is 0 Å². The summed E-state index contributed by atoms with van der Waals surface area (Å²) in [5.41, 5.74) is 2.24. The molecular formula is C25H23N3O2S. The van der Waals surface area contributed by atoms with E-state index in [4.69, 9.17) is 4.74 Å². The van der Waals surface area contributed by atoms with Crippen molar-refractivity contribution in [2.45, 2.75) is 0 Å². The Morgan fingerprint density at radius 2 is 1.61 bits per heavy atom.